The van der Waals surface area contributed by atoms with E-state index >= 15 is 0 Å². The Balaban J connectivity index is 1.89. The molecule has 1 aliphatic rings. The van der Waals surface area contributed by atoms with E-state index in [0.29, 0.717) is 22.8 Å². The molecule has 1 aromatic carbocycles. The molecule has 2 aromatic rings. The van der Waals surface area contributed by atoms with Gasteiger partial charge in [0.25, 0.3) is 0 Å². The summed E-state index contributed by atoms with van der Waals surface area (Å²) in [5.41, 5.74) is 1.27. The van der Waals surface area contributed by atoms with Gasteiger partial charge in [0, 0.05) is 22.3 Å². The summed E-state index contributed by atoms with van der Waals surface area (Å²) in [6.45, 7) is 3.79. The van der Waals surface area contributed by atoms with E-state index in [1.54, 1.807) is 37.3 Å². The van der Waals surface area contributed by atoms with Crippen molar-refractivity contribution in [1.82, 2.24) is 10.6 Å². The molecule has 1 aromatic heterocycles. The quantitative estimate of drug-likeness (QED) is 0.680. The summed E-state index contributed by atoms with van der Waals surface area (Å²) in [6.07, 6.45) is 1.47. The molecule has 8 heteroatoms. The lowest BCUT2D eigenvalue weighted by Crippen LogP contribution is -2.46. The van der Waals surface area contributed by atoms with Crippen LogP contribution in [0, 0.1) is 5.82 Å². The Hall–Kier alpha value is -2.74. The maximum absolute atomic E-state index is 14.0. The molecular weight excluding hydrogens is 383 g/mol. The molecule has 6 nitrogen and oxygen atoms in total. The van der Waals surface area contributed by atoms with E-state index in [2.05, 4.69) is 10.6 Å². The number of amides is 2. The SMILES string of the molecule is CCOC(=O)C1=C(CSC(C)c2ccccc2F)NC(=O)NC1c1ccco1. The number of carbonyl (C=O) groups is 2. The van der Waals surface area contributed by atoms with Gasteiger partial charge in [-0.3, -0.25) is 0 Å². The fraction of sp³-hybridized carbons (Fsp3) is 0.300. The molecule has 28 heavy (non-hydrogen) atoms. The molecule has 0 spiro atoms. The number of carbonyl (C=O) groups excluding carboxylic acids is 2. The van der Waals surface area contributed by atoms with Crippen LogP contribution in [0.4, 0.5) is 9.18 Å². The summed E-state index contributed by atoms with van der Waals surface area (Å²) in [5, 5.41) is 5.21. The van der Waals surface area contributed by atoms with Crippen LogP contribution in [0.3, 0.4) is 0 Å². The van der Waals surface area contributed by atoms with Gasteiger partial charge in [-0.1, -0.05) is 18.2 Å². The third kappa shape index (κ3) is 4.39. The molecule has 0 saturated carbocycles. The number of rotatable bonds is 7. The van der Waals surface area contributed by atoms with Gasteiger partial charge in [0.15, 0.2) is 0 Å². The molecule has 2 heterocycles. The summed E-state index contributed by atoms with van der Waals surface area (Å²) in [5.74, 6) is -0.0909. The van der Waals surface area contributed by atoms with E-state index < -0.39 is 18.0 Å². The number of halogens is 1. The summed E-state index contributed by atoms with van der Waals surface area (Å²) in [6, 6.07) is 8.72. The predicted molar refractivity (Wildman–Crippen MR) is 104 cm³/mol. The minimum Gasteiger partial charge on any atom is -0.467 e. The van der Waals surface area contributed by atoms with E-state index in [4.69, 9.17) is 9.15 Å². The van der Waals surface area contributed by atoms with Crippen molar-refractivity contribution in [2.45, 2.75) is 25.1 Å². The first kappa shape index (κ1) is 20.0. The van der Waals surface area contributed by atoms with E-state index in [0.717, 1.165) is 0 Å². The number of esters is 1. The van der Waals surface area contributed by atoms with E-state index in [1.807, 2.05) is 6.92 Å². The van der Waals surface area contributed by atoms with Crippen LogP contribution in [0.25, 0.3) is 0 Å². The number of ether oxygens (including phenoxy) is 1. The van der Waals surface area contributed by atoms with Crippen LogP contribution in [0.5, 0.6) is 0 Å². The molecule has 0 aliphatic carbocycles. The molecule has 2 amide bonds. The van der Waals surface area contributed by atoms with Gasteiger partial charge in [-0.15, -0.1) is 11.8 Å². The van der Waals surface area contributed by atoms with Crippen LogP contribution in [0.2, 0.25) is 0 Å². The molecule has 1 aliphatic heterocycles. The standard InChI is InChI=1S/C20H21FN2O4S/c1-3-26-19(24)17-15(11-28-12(2)13-7-4-5-8-14(13)21)22-20(25)23-18(17)16-9-6-10-27-16/h4-10,12,18H,3,11H2,1-2H3,(H2,22,23,25). The minimum absolute atomic E-state index is 0.175. The van der Waals surface area contributed by atoms with Gasteiger partial charge >= 0.3 is 12.0 Å². The van der Waals surface area contributed by atoms with E-state index in [1.165, 1.54) is 24.1 Å². The molecular formula is C20H21FN2O4S. The number of nitrogens with one attached hydrogen (secondary N) is 2. The first-order valence-corrected chi connectivity index (χ1v) is 9.93. The first-order valence-electron chi connectivity index (χ1n) is 8.88. The highest BCUT2D eigenvalue weighted by atomic mass is 32.2. The highest BCUT2D eigenvalue weighted by Gasteiger charge is 2.35. The van der Waals surface area contributed by atoms with Crippen molar-refractivity contribution in [2.75, 3.05) is 12.4 Å². The molecule has 0 radical (unpaired) electrons. The molecule has 2 unspecified atom stereocenters. The summed E-state index contributed by atoms with van der Waals surface area (Å²) in [4.78, 5) is 24.8. The second kappa shape index (κ2) is 8.97. The molecule has 2 N–H and O–H groups in total. The van der Waals surface area contributed by atoms with Crippen molar-refractivity contribution >= 4 is 23.8 Å². The zero-order valence-electron chi connectivity index (χ0n) is 15.5. The lowest BCUT2D eigenvalue weighted by Gasteiger charge is -2.28. The summed E-state index contributed by atoms with van der Waals surface area (Å²) in [7, 11) is 0. The average Bonchev–Trinajstić information content (AvgIpc) is 3.20. The first-order chi connectivity index (χ1) is 13.5. The van der Waals surface area contributed by atoms with E-state index in [-0.39, 0.29) is 23.2 Å². The molecule has 2 atom stereocenters. The predicted octanol–water partition coefficient (Wildman–Crippen LogP) is 4.08. The van der Waals surface area contributed by atoms with Crippen LogP contribution in [0.1, 0.15) is 36.5 Å². The Kier molecular flexibility index (Phi) is 6.41. The zero-order chi connectivity index (χ0) is 20.1. The lowest BCUT2D eigenvalue weighted by molar-refractivity contribution is -0.139. The summed E-state index contributed by atoms with van der Waals surface area (Å²) < 4.78 is 24.6. The molecule has 0 saturated heterocycles. The van der Waals surface area contributed by atoms with Gasteiger partial charge in [0.2, 0.25) is 0 Å². The van der Waals surface area contributed by atoms with Crippen molar-refractivity contribution in [1.29, 1.82) is 0 Å². The Morgan fingerprint density at radius 2 is 2.11 bits per heavy atom. The highest BCUT2D eigenvalue weighted by molar-refractivity contribution is 7.99. The van der Waals surface area contributed by atoms with Gasteiger partial charge in [0.05, 0.1) is 18.4 Å². The van der Waals surface area contributed by atoms with Gasteiger partial charge in [-0.2, -0.15) is 0 Å². The highest BCUT2D eigenvalue weighted by Crippen LogP contribution is 2.34. The number of thioether (sulfide) groups is 1. The molecule has 0 fully saturated rings. The maximum atomic E-state index is 14.0. The van der Waals surface area contributed by atoms with Gasteiger partial charge < -0.3 is 19.8 Å². The third-order valence-corrected chi connectivity index (χ3v) is 5.51. The van der Waals surface area contributed by atoms with Gasteiger partial charge in [-0.05, 0) is 32.0 Å². The minimum atomic E-state index is -0.748. The topological polar surface area (TPSA) is 80.6 Å². The Bertz CT molecular complexity index is 882. The van der Waals surface area contributed by atoms with Crippen molar-refractivity contribution in [3.8, 4) is 0 Å². The van der Waals surface area contributed by atoms with Crippen molar-refractivity contribution in [2.24, 2.45) is 0 Å². The molecule has 148 valence electrons. The van der Waals surface area contributed by atoms with Crippen LogP contribution >= 0.6 is 11.8 Å². The monoisotopic (exact) mass is 404 g/mol. The normalized spacial score (nSPS) is 17.7. The summed E-state index contributed by atoms with van der Waals surface area (Å²) >= 11 is 1.41. The molecule has 0 bridgehead atoms. The van der Waals surface area contributed by atoms with Crippen molar-refractivity contribution in [3.63, 3.8) is 0 Å². The number of hydrogen-bond acceptors (Lipinski definition) is 5. The second-order valence-corrected chi connectivity index (χ2v) is 7.46. The lowest BCUT2D eigenvalue weighted by atomic mass is 10.0. The van der Waals surface area contributed by atoms with Gasteiger partial charge in [0.1, 0.15) is 17.6 Å². The van der Waals surface area contributed by atoms with Crippen LogP contribution in [-0.4, -0.2) is 24.4 Å². The molecule has 3 rings (SSSR count). The smallest absolute Gasteiger partial charge is 0.338 e. The Morgan fingerprint density at radius 3 is 2.79 bits per heavy atom. The number of hydrogen-bond donors (Lipinski definition) is 2. The third-order valence-electron chi connectivity index (χ3n) is 4.30. The van der Waals surface area contributed by atoms with E-state index in [9.17, 15) is 14.0 Å². The van der Waals surface area contributed by atoms with Crippen molar-refractivity contribution < 1.29 is 23.1 Å². The van der Waals surface area contributed by atoms with Crippen LogP contribution < -0.4 is 10.6 Å². The van der Waals surface area contributed by atoms with Gasteiger partial charge in [-0.25, -0.2) is 14.0 Å². The van der Waals surface area contributed by atoms with Crippen molar-refractivity contribution in [3.05, 3.63) is 71.1 Å². The Morgan fingerprint density at radius 1 is 1.32 bits per heavy atom. The number of benzene rings is 1. The maximum Gasteiger partial charge on any atom is 0.338 e. The van der Waals surface area contributed by atoms with Crippen LogP contribution in [-0.2, 0) is 9.53 Å². The zero-order valence-corrected chi connectivity index (χ0v) is 16.3. The fourth-order valence-corrected chi connectivity index (χ4v) is 3.97. The fourth-order valence-electron chi connectivity index (χ4n) is 2.95. The number of furan rings is 1. The Labute approximate surface area is 166 Å². The second-order valence-electron chi connectivity index (χ2n) is 6.13. The average molecular weight is 404 g/mol. The number of urea groups is 1. The van der Waals surface area contributed by atoms with Crippen LogP contribution in [0.15, 0.2) is 58.3 Å². The largest absolute Gasteiger partial charge is 0.467 e.